The van der Waals surface area contributed by atoms with Gasteiger partial charge in [-0.25, -0.2) is 0 Å². The molecule has 0 aromatic carbocycles. The highest BCUT2D eigenvalue weighted by Crippen LogP contribution is 2.18. The summed E-state index contributed by atoms with van der Waals surface area (Å²) in [4.78, 5) is 2.42. The first-order valence-corrected chi connectivity index (χ1v) is 7.71. The lowest BCUT2D eigenvalue weighted by Gasteiger charge is -2.30. The second-order valence-electron chi connectivity index (χ2n) is 5.95. The molecule has 0 atom stereocenters. The van der Waals surface area contributed by atoms with Gasteiger partial charge < -0.3 is 15.0 Å². The number of nitrogens with zero attached hydrogens (tertiary/aromatic N) is 4. The number of hydrogen-bond donors (Lipinski definition) is 1. The average Bonchev–Trinajstić information content (AvgIpc) is 3.22. The molecule has 1 saturated carbocycles. The highest BCUT2D eigenvalue weighted by molar-refractivity contribution is 4.94. The van der Waals surface area contributed by atoms with Gasteiger partial charge in [-0.15, -0.1) is 5.10 Å². The van der Waals surface area contributed by atoms with E-state index in [1.165, 1.54) is 12.8 Å². The summed E-state index contributed by atoms with van der Waals surface area (Å²) in [5, 5.41) is 11.9. The van der Waals surface area contributed by atoms with Gasteiger partial charge in [-0.2, -0.15) is 0 Å². The number of rotatable bonds is 7. The Morgan fingerprint density at radius 1 is 1.35 bits per heavy atom. The molecule has 1 aliphatic heterocycles. The molecule has 20 heavy (non-hydrogen) atoms. The summed E-state index contributed by atoms with van der Waals surface area (Å²) in [5.74, 6) is 0. The predicted octanol–water partition coefficient (Wildman–Crippen LogP) is 0.641. The molecule has 3 rings (SSSR count). The molecule has 2 aliphatic rings. The lowest BCUT2D eigenvalue weighted by Crippen LogP contribution is -2.38. The van der Waals surface area contributed by atoms with Crippen LogP contribution in [0.4, 0.5) is 0 Å². The Morgan fingerprint density at radius 2 is 2.15 bits per heavy atom. The minimum Gasteiger partial charge on any atom is -0.381 e. The van der Waals surface area contributed by atoms with Crippen molar-refractivity contribution >= 4 is 0 Å². The molecule has 1 aromatic rings. The van der Waals surface area contributed by atoms with Crippen molar-refractivity contribution in [2.24, 2.45) is 0 Å². The quantitative estimate of drug-likeness (QED) is 0.794. The van der Waals surface area contributed by atoms with Crippen LogP contribution in [0, 0.1) is 0 Å². The van der Waals surface area contributed by atoms with E-state index in [0.29, 0.717) is 6.04 Å². The smallest absolute Gasteiger partial charge is 0.0964 e. The molecule has 0 amide bonds. The monoisotopic (exact) mass is 279 g/mol. The molecule has 2 fully saturated rings. The lowest BCUT2D eigenvalue weighted by molar-refractivity contribution is 0.0418. The van der Waals surface area contributed by atoms with E-state index in [2.05, 4.69) is 33.8 Å². The molecule has 112 valence electrons. The molecule has 1 N–H and O–H groups in total. The van der Waals surface area contributed by atoms with E-state index >= 15 is 0 Å². The van der Waals surface area contributed by atoms with E-state index in [1.807, 2.05) is 4.68 Å². The van der Waals surface area contributed by atoms with Gasteiger partial charge in [-0.05, 0) is 32.7 Å². The van der Waals surface area contributed by atoms with Gasteiger partial charge in [0.25, 0.3) is 0 Å². The Morgan fingerprint density at radius 3 is 2.90 bits per heavy atom. The van der Waals surface area contributed by atoms with Gasteiger partial charge in [0.15, 0.2) is 0 Å². The number of likely N-dealkylation sites (N-methyl/N-ethyl adjacent to an activating group) is 1. The fraction of sp³-hybridized carbons (Fsp3) is 0.857. The maximum absolute atomic E-state index is 5.41. The number of hydrogen-bond acceptors (Lipinski definition) is 5. The van der Waals surface area contributed by atoms with E-state index in [1.54, 1.807) is 0 Å². The fourth-order valence-electron chi connectivity index (χ4n) is 2.63. The van der Waals surface area contributed by atoms with Crippen LogP contribution < -0.4 is 5.32 Å². The van der Waals surface area contributed by atoms with Crippen LogP contribution in [0.2, 0.25) is 0 Å². The molecule has 0 bridgehead atoms. The molecular weight excluding hydrogens is 254 g/mol. The first-order chi connectivity index (χ1) is 9.81. The van der Waals surface area contributed by atoms with E-state index in [9.17, 15) is 0 Å². The summed E-state index contributed by atoms with van der Waals surface area (Å²) in [6.07, 6.45) is 6.97. The Kier molecular flexibility index (Phi) is 4.65. The molecular formula is C14H25N5O. The Hall–Kier alpha value is -0.980. The molecule has 0 spiro atoms. The number of aromatic nitrogens is 3. The Balaban J connectivity index is 1.40. The first kappa shape index (κ1) is 14.0. The van der Waals surface area contributed by atoms with Crippen molar-refractivity contribution in [2.75, 3.05) is 26.8 Å². The van der Waals surface area contributed by atoms with Crippen molar-refractivity contribution in [3.63, 3.8) is 0 Å². The third-order valence-electron chi connectivity index (χ3n) is 4.23. The fourth-order valence-corrected chi connectivity index (χ4v) is 2.63. The Bertz CT molecular complexity index is 411. The highest BCUT2D eigenvalue weighted by Gasteiger charge is 2.20. The van der Waals surface area contributed by atoms with Crippen molar-refractivity contribution < 1.29 is 4.74 Å². The van der Waals surface area contributed by atoms with Gasteiger partial charge >= 0.3 is 0 Å². The Labute approximate surface area is 120 Å². The summed E-state index contributed by atoms with van der Waals surface area (Å²) in [7, 11) is 2.20. The second-order valence-corrected chi connectivity index (χ2v) is 5.95. The zero-order valence-corrected chi connectivity index (χ0v) is 12.3. The van der Waals surface area contributed by atoms with Gasteiger partial charge in [0.05, 0.1) is 12.2 Å². The van der Waals surface area contributed by atoms with E-state index in [-0.39, 0.29) is 0 Å². The van der Waals surface area contributed by atoms with Crippen molar-refractivity contribution in [2.45, 2.75) is 50.9 Å². The zero-order chi connectivity index (χ0) is 13.8. The molecule has 1 saturated heterocycles. The largest absolute Gasteiger partial charge is 0.381 e. The summed E-state index contributed by atoms with van der Waals surface area (Å²) in [6.45, 7) is 4.57. The van der Waals surface area contributed by atoms with Crippen molar-refractivity contribution in [1.82, 2.24) is 25.2 Å². The average molecular weight is 279 g/mol. The van der Waals surface area contributed by atoms with Gasteiger partial charge in [0, 0.05) is 44.6 Å². The third kappa shape index (κ3) is 4.01. The minimum atomic E-state index is 0.656. The number of ether oxygens (including phenoxy) is 1. The lowest BCUT2D eigenvalue weighted by atomic mass is 10.1. The van der Waals surface area contributed by atoms with Crippen molar-refractivity contribution in [1.29, 1.82) is 0 Å². The normalized spacial score (nSPS) is 20.7. The van der Waals surface area contributed by atoms with Gasteiger partial charge in [0.1, 0.15) is 0 Å². The standard InChI is InChI=1S/C14H25N5O/c1-18(14-4-8-20-9-5-14)6-7-19-11-13(16-17-19)10-15-12-2-3-12/h11-12,14-15H,2-10H2,1H3. The molecule has 2 heterocycles. The molecule has 1 aliphatic carbocycles. The maximum atomic E-state index is 5.41. The molecule has 1 aromatic heterocycles. The van der Waals surface area contributed by atoms with Crippen LogP contribution in [0.15, 0.2) is 6.20 Å². The summed E-state index contributed by atoms with van der Waals surface area (Å²) in [6, 6.07) is 1.38. The zero-order valence-electron chi connectivity index (χ0n) is 12.3. The number of nitrogens with one attached hydrogen (secondary N) is 1. The van der Waals surface area contributed by atoms with Gasteiger partial charge in [-0.3, -0.25) is 4.68 Å². The minimum absolute atomic E-state index is 0.656. The molecule has 0 unspecified atom stereocenters. The van der Waals surface area contributed by atoms with Crippen LogP contribution in [0.25, 0.3) is 0 Å². The van der Waals surface area contributed by atoms with E-state index in [0.717, 1.165) is 57.4 Å². The van der Waals surface area contributed by atoms with Crippen molar-refractivity contribution in [3.05, 3.63) is 11.9 Å². The predicted molar refractivity (Wildman–Crippen MR) is 76.4 cm³/mol. The third-order valence-corrected chi connectivity index (χ3v) is 4.23. The summed E-state index contributed by atoms with van der Waals surface area (Å²) in [5.41, 5.74) is 1.05. The summed E-state index contributed by atoms with van der Waals surface area (Å²) < 4.78 is 7.36. The summed E-state index contributed by atoms with van der Waals surface area (Å²) >= 11 is 0. The SMILES string of the molecule is CN(CCn1cc(CNC2CC2)nn1)C1CCOCC1. The van der Waals surface area contributed by atoms with Crippen LogP contribution in [-0.4, -0.2) is 58.8 Å². The molecule has 6 heteroatoms. The highest BCUT2D eigenvalue weighted by atomic mass is 16.5. The van der Waals surface area contributed by atoms with Crippen LogP contribution >= 0.6 is 0 Å². The van der Waals surface area contributed by atoms with Crippen molar-refractivity contribution in [3.8, 4) is 0 Å². The van der Waals surface area contributed by atoms with E-state index in [4.69, 9.17) is 4.74 Å². The molecule has 0 radical (unpaired) electrons. The molecule has 6 nitrogen and oxygen atoms in total. The topological polar surface area (TPSA) is 55.2 Å². The second kappa shape index (κ2) is 6.65. The van der Waals surface area contributed by atoms with E-state index < -0.39 is 0 Å². The first-order valence-electron chi connectivity index (χ1n) is 7.71. The maximum Gasteiger partial charge on any atom is 0.0964 e. The van der Waals surface area contributed by atoms with Crippen LogP contribution in [0.3, 0.4) is 0 Å². The van der Waals surface area contributed by atoms with Gasteiger partial charge in [0.2, 0.25) is 0 Å². The van der Waals surface area contributed by atoms with Crippen LogP contribution in [0.1, 0.15) is 31.4 Å². The van der Waals surface area contributed by atoms with Crippen LogP contribution in [0.5, 0.6) is 0 Å². The van der Waals surface area contributed by atoms with Gasteiger partial charge in [-0.1, -0.05) is 5.21 Å². The van der Waals surface area contributed by atoms with Crippen LogP contribution in [-0.2, 0) is 17.8 Å².